The van der Waals surface area contributed by atoms with Crippen molar-refractivity contribution in [3.8, 4) is 0 Å². The average Bonchev–Trinajstić information content (AvgIpc) is 2.28. The van der Waals surface area contributed by atoms with E-state index in [1.54, 1.807) is 0 Å². The molecule has 0 unspecified atom stereocenters. The van der Waals surface area contributed by atoms with Crippen LogP contribution in [0.3, 0.4) is 0 Å². The number of nitro benzene ring substituents is 1. The van der Waals surface area contributed by atoms with Crippen molar-refractivity contribution < 1.29 is 13.7 Å². The van der Waals surface area contributed by atoms with Gasteiger partial charge in [-0.3, -0.25) is 10.1 Å². The van der Waals surface area contributed by atoms with Crippen LogP contribution in [0.5, 0.6) is 0 Å². The highest BCUT2D eigenvalue weighted by molar-refractivity contribution is 5.62. The van der Waals surface area contributed by atoms with Crippen LogP contribution in [-0.2, 0) is 0 Å². The summed E-state index contributed by atoms with van der Waals surface area (Å²) in [6.07, 6.45) is 0. The maximum Gasteiger partial charge on any atom is 0.295 e. The average molecular weight is 287 g/mol. The zero-order valence-electron chi connectivity index (χ0n) is 12.0. The summed E-state index contributed by atoms with van der Waals surface area (Å²) in [5.41, 5.74) is -1.12. The molecule has 0 aromatic heterocycles. The van der Waals surface area contributed by atoms with Crippen molar-refractivity contribution in [1.29, 1.82) is 0 Å². The second kappa shape index (κ2) is 6.13. The third-order valence-corrected chi connectivity index (χ3v) is 2.76. The minimum absolute atomic E-state index is 0.254. The number of benzene rings is 1. The molecular weight excluding hydrogens is 268 g/mol. The molecule has 1 aromatic carbocycles. The molecule has 5 nitrogen and oxygen atoms in total. The molecule has 0 atom stereocenters. The Balaban J connectivity index is 2.97. The van der Waals surface area contributed by atoms with Crippen LogP contribution in [0.2, 0.25) is 0 Å². The Hall–Kier alpha value is -1.76. The van der Waals surface area contributed by atoms with Crippen molar-refractivity contribution in [2.45, 2.75) is 13.8 Å². The Morgan fingerprint density at radius 1 is 1.35 bits per heavy atom. The maximum atomic E-state index is 13.7. The van der Waals surface area contributed by atoms with E-state index in [1.165, 1.54) is 0 Å². The minimum atomic E-state index is -1.22. The smallest absolute Gasteiger partial charge is 0.295 e. The topological polar surface area (TPSA) is 58.4 Å². The molecule has 0 aliphatic heterocycles. The molecule has 112 valence electrons. The van der Waals surface area contributed by atoms with Crippen LogP contribution in [0.1, 0.15) is 13.8 Å². The van der Waals surface area contributed by atoms with Gasteiger partial charge in [-0.15, -0.1) is 0 Å². The van der Waals surface area contributed by atoms with Gasteiger partial charge >= 0.3 is 0 Å². The van der Waals surface area contributed by atoms with Crippen LogP contribution in [0.4, 0.5) is 20.2 Å². The van der Waals surface area contributed by atoms with E-state index in [-0.39, 0.29) is 12.0 Å². The van der Waals surface area contributed by atoms with E-state index in [2.05, 4.69) is 5.32 Å². The Labute approximate surface area is 116 Å². The molecule has 0 aliphatic rings. The Morgan fingerprint density at radius 3 is 2.45 bits per heavy atom. The molecule has 7 heteroatoms. The van der Waals surface area contributed by atoms with Gasteiger partial charge in [0.15, 0.2) is 17.3 Å². The monoisotopic (exact) mass is 287 g/mol. The molecule has 0 aliphatic carbocycles. The first-order valence-electron chi connectivity index (χ1n) is 6.15. The first kappa shape index (κ1) is 16.3. The third-order valence-electron chi connectivity index (χ3n) is 2.76. The number of hydrogen-bond acceptors (Lipinski definition) is 4. The fourth-order valence-electron chi connectivity index (χ4n) is 2.10. The summed E-state index contributed by atoms with van der Waals surface area (Å²) < 4.78 is 26.9. The summed E-state index contributed by atoms with van der Waals surface area (Å²) in [6, 6.07) is 1.71. The number of nitro groups is 1. The van der Waals surface area contributed by atoms with Crippen molar-refractivity contribution in [3.05, 3.63) is 33.9 Å². The zero-order valence-corrected chi connectivity index (χ0v) is 12.0. The SMILES string of the molecule is CN(C)CC(C)(C)CNc1c([N+](=O)[O-])ccc(F)c1F. The van der Waals surface area contributed by atoms with E-state index >= 15 is 0 Å². The third kappa shape index (κ3) is 4.12. The number of hydrogen-bond donors (Lipinski definition) is 1. The molecule has 1 aromatic rings. The van der Waals surface area contributed by atoms with Gasteiger partial charge in [0.25, 0.3) is 5.69 Å². The molecule has 1 rings (SSSR count). The van der Waals surface area contributed by atoms with Crippen molar-refractivity contribution in [2.75, 3.05) is 32.5 Å². The van der Waals surface area contributed by atoms with Crippen LogP contribution < -0.4 is 5.32 Å². The Kier molecular flexibility index (Phi) is 4.99. The minimum Gasteiger partial charge on any atom is -0.376 e. The summed E-state index contributed by atoms with van der Waals surface area (Å²) in [7, 11) is 3.79. The predicted molar refractivity (Wildman–Crippen MR) is 73.8 cm³/mol. The second-order valence-electron chi connectivity index (χ2n) is 5.77. The standard InChI is InChI=1S/C13H19F2N3O2/c1-13(2,8-17(3)4)7-16-12-10(18(19)20)6-5-9(14)11(12)15/h5-6,16H,7-8H2,1-4H3. The second-order valence-corrected chi connectivity index (χ2v) is 5.77. The highest BCUT2D eigenvalue weighted by Crippen LogP contribution is 2.30. The highest BCUT2D eigenvalue weighted by Gasteiger charge is 2.25. The van der Waals surface area contributed by atoms with Crippen molar-refractivity contribution >= 4 is 11.4 Å². The summed E-state index contributed by atoms with van der Waals surface area (Å²) in [5, 5.41) is 13.5. The lowest BCUT2D eigenvalue weighted by molar-refractivity contribution is -0.384. The van der Waals surface area contributed by atoms with E-state index in [1.807, 2.05) is 32.8 Å². The summed E-state index contributed by atoms with van der Waals surface area (Å²) in [6.45, 7) is 4.85. The zero-order chi connectivity index (χ0) is 15.5. The van der Waals surface area contributed by atoms with Gasteiger partial charge in [-0.05, 0) is 25.6 Å². The van der Waals surface area contributed by atoms with E-state index < -0.39 is 27.9 Å². The Morgan fingerprint density at radius 2 is 1.95 bits per heavy atom. The lowest BCUT2D eigenvalue weighted by atomic mass is 9.93. The summed E-state index contributed by atoms with van der Waals surface area (Å²) >= 11 is 0. The van der Waals surface area contributed by atoms with E-state index in [0.29, 0.717) is 6.54 Å². The van der Waals surface area contributed by atoms with Gasteiger partial charge < -0.3 is 10.2 Å². The van der Waals surface area contributed by atoms with Crippen molar-refractivity contribution in [3.63, 3.8) is 0 Å². The maximum absolute atomic E-state index is 13.7. The van der Waals surface area contributed by atoms with Gasteiger partial charge in [-0.2, -0.15) is 0 Å². The van der Waals surface area contributed by atoms with E-state index in [4.69, 9.17) is 0 Å². The van der Waals surface area contributed by atoms with Gasteiger partial charge in [0.1, 0.15) is 0 Å². The molecule has 0 spiro atoms. The molecule has 0 amide bonds. The molecule has 0 radical (unpaired) electrons. The van der Waals surface area contributed by atoms with Crippen molar-refractivity contribution in [2.24, 2.45) is 5.41 Å². The van der Waals surface area contributed by atoms with Crippen LogP contribution in [-0.4, -0.2) is 37.0 Å². The van der Waals surface area contributed by atoms with Crippen LogP contribution in [0.15, 0.2) is 12.1 Å². The quantitative estimate of drug-likeness (QED) is 0.645. The van der Waals surface area contributed by atoms with Gasteiger partial charge in [0, 0.05) is 19.2 Å². The fraction of sp³-hybridized carbons (Fsp3) is 0.538. The molecule has 0 heterocycles. The number of halogens is 2. The number of anilines is 1. The van der Waals surface area contributed by atoms with E-state index in [0.717, 1.165) is 12.1 Å². The largest absolute Gasteiger partial charge is 0.376 e. The Bertz CT molecular complexity index is 505. The summed E-state index contributed by atoms with van der Waals surface area (Å²) in [5.74, 6) is -2.33. The predicted octanol–water partition coefficient (Wildman–Crippen LogP) is 2.87. The first-order valence-corrected chi connectivity index (χ1v) is 6.15. The molecule has 0 saturated carbocycles. The molecule has 1 N–H and O–H groups in total. The highest BCUT2D eigenvalue weighted by atomic mass is 19.2. The van der Waals surface area contributed by atoms with Gasteiger partial charge in [0.2, 0.25) is 0 Å². The van der Waals surface area contributed by atoms with Gasteiger partial charge in [0.05, 0.1) is 4.92 Å². The first-order chi connectivity index (χ1) is 9.14. The van der Waals surface area contributed by atoms with E-state index in [9.17, 15) is 18.9 Å². The number of nitrogens with one attached hydrogen (secondary N) is 1. The normalized spacial score (nSPS) is 11.8. The van der Waals surface area contributed by atoms with Gasteiger partial charge in [-0.25, -0.2) is 8.78 Å². The summed E-state index contributed by atoms with van der Waals surface area (Å²) in [4.78, 5) is 12.1. The lowest BCUT2D eigenvalue weighted by Crippen LogP contribution is -2.34. The molecule has 0 fully saturated rings. The molecule has 20 heavy (non-hydrogen) atoms. The molecule has 0 bridgehead atoms. The lowest BCUT2D eigenvalue weighted by Gasteiger charge is -2.28. The van der Waals surface area contributed by atoms with Crippen LogP contribution in [0, 0.1) is 27.2 Å². The number of nitrogens with zero attached hydrogens (tertiary/aromatic N) is 2. The van der Waals surface area contributed by atoms with Crippen LogP contribution >= 0.6 is 0 Å². The number of rotatable bonds is 6. The van der Waals surface area contributed by atoms with Crippen molar-refractivity contribution in [1.82, 2.24) is 4.90 Å². The molecule has 0 saturated heterocycles. The fourth-order valence-corrected chi connectivity index (χ4v) is 2.10. The van der Waals surface area contributed by atoms with Crippen LogP contribution in [0.25, 0.3) is 0 Å². The molecular formula is C13H19F2N3O2. The van der Waals surface area contributed by atoms with Gasteiger partial charge in [-0.1, -0.05) is 13.8 Å².